The summed E-state index contributed by atoms with van der Waals surface area (Å²) >= 11 is 0. The quantitative estimate of drug-likeness (QED) is 0.554. The lowest BCUT2D eigenvalue weighted by Gasteiger charge is -2.51. The summed E-state index contributed by atoms with van der Waals surface area (Å²) in [5.41, 5.74) is 1.19. The van der Waals surface area contributed by atoms with E-state index in [4.69, 9.17) is 0 Å². The van der Waals surface area contributed by atoms with Gasteiger partial charge in [0.05, 0.1) is 5.54 Å². The Labute approximate surface area is 211 Å². The van der Waals surface area contributed by atoms with Gasteiger partial charge in [-0.2, -0.15) is 0 Å². The zero-order valence-electron chi connectivity index (χ0n) is 22.3. The van der Waals surface area contributed by atoms with Crippen LogP contribution in [-0.2, 0) is 10.3 Å². The van der Waals surface area contributed by atoms with E-state index >= 15 is 0 Å². The lowest BCUT2D eigenvalue weighted by atomic mass is 9.68. The molecule has 1 spiro atoms. The number of carbonyl (C=O) groups is 2. The van der Waals surface area contributed by atoms with Gasteiger partial charge in [0.1, 0.15) is 6.54 Å². The maximum Gasteiger partial charge on any atom is 0.321 e. The van der Waals surface area contributed by atoms with Crippen LogP contribution in [0.5, 0.6) is 0 Å². The smallest absolute Gasteiger partial charge is 0.321 e. The average molecular weight is 484 g/mol. The van der Waals surface area contributed by atoms with E-state index in [1.807, 2.05) is 11.9 Å². The Morgan fingerprint density at radius 3 is 2.34 bits per heavy atom. The van der Waals surface area contributed by atoms with E-state index in [0.717, 1.165) is 45.3 Å². The minimum Gasteiger partial charge on any atom is -0.353 e. The Bertz CT molecular complexity index is 861. The molecule has 7 heteroatoms. The minimum absolute atomic E-state index is 0.00615. The number of hydrogen-bond donors (Lipinski definition) is 1. The summed E-state index contributed by atoms with van der Waals surface area (Å²) in [5.74, 6) is 0.565. The van der Waals surface area contributed by atoms with E-state index in [1.165, 1.54) is 24.8 Å². The fourth-order valence-electron chi connectivity index (χ4n) is 6.28. The fraction of sp³-hybridized carbons (Fsp3) is 0.714. The van der Waals surface area contributed by atoms with Gasteiger partial charge in [0.15, 0.2) is 0 Å². The van der Waals surface area contributed by atoms with Crippen molar-refractivity contribution >= 4 is 11.9 Å². The molecule has 4 rings (SSSR count). The standard InChI is InChI=1S/C28H45N5O2/c1-5-31(4)19-18-29-25(34)21-32-22-27(33(26(32)35)20-23-10-9-11-23)14-16-28(17-15-27,30(2)3)24-12-7-6-8-13-24/h6-8,12-13,23H,5,9-11,14-22H2,1-4H3,(H,29,34). The van der Waals surface area contributed by atoms with Crippen LogP contribution in [0.3, 0.4) is 0 Å². The maximum atomic E-state index is 13.6. The Hall–Kier alpha value is -2.12. The van der Waals surface area contributed by atoms with Gasteiger partial charge in [-0.15, -0.1) is 0 Å². The highest BCUT2D eigenvalue weighted by atomic mass is 16.2. The van der Waals surface area contributed by atoms with Crippen LogP contribution in [0.25, 0.3) is 0 Å². The first kappa shape index (κ1) is 26.0. The van der Waals surface area contributed by atoms with E-state index in [0.29, 0.717) is 19.0 Å². The van der Waals surface area contributed by atoms with Crippen LogP contribution < -0.4 is 5.32 Å². The van der Waals surface area contributed by atoms with Gasteiger partial charge in [-0.25, -0.2) is 4.79 Å². The zero-order valence-corrected chi connectivity index (χ0v) is 22.3. The molecule has 3 fully saturated rings. The molecule has 1 aromatic rings. The van der Waals surface area contributed by atoms with Crippen molar-refractivity contribution in [2.45, 2.75) is 62.9 Å². The first-order valence-corrected chi connectivity index (χ1v) is 13.5. The van der Waals surface area contributed by atoms with Gasteiger partial charge in [-0.05, 0) is 77.7 Å². The second kappa shape index (κ2) is 10.9. The largest absolute Gasteiger partial charge is 0.353 e. The van der Waals surface area contributed by atoms with Crippen molar-refractivity contribution in [2.75, 3.05) is 60.4 Å². The SMILES string of the molecule is CCN(C)CCNC(=O)CN1CC2(CCC(c3ccccc3)(N(C)C)CC2)N(CC2CCC2)C1=O. The van der Waals surface area contributed by atoms with Crippen molar-refractivity contribution in [2.24, 2.45) is 5.92 Å². The monoisotopic (exact) mass is 483 g/mol. The van der Waals surface area contributed by atoms with Gasteiger partial charge >= 0.3 is 6.03 Å². The van der Waals surface area contributed by atoms with Crippen LogP contribution in [0.2, 0.25) is 0 Å². The molecular formula is C28H45N5O2. The molecule has 1 aliphatic heterocycles. The van der Waals surface area contributed by atoms with Crippen molar-refractivity contribution in [3.05, 3.63) is 35.9 Å². The predicted molar refractivity (Wildman–Crippen MR) is 140 cm³/mol. The second-order valence-electron chi connectivity index (χ2n) is 11.3. The molecule has 3 aliphatic rings. The molecule has 0 aromatic heterocycles. The Kier molecular flexibility index (Phi) is 8.06. The number of urea groups is 1. The van der Waals surface area contributed by atoms with Crippen LogP contribution >= 0.6 is 0 Å². The van der Waals surface area contributed by atoms with Crippen molar-refractivity contribution < 1.29 is 9.59 Å². The number of nitrogens with zero attached hydrogens (tertiary/aromatic N) is 4. The van der Waals surface area contributed by atoms with Crippen LogP contribution in [0, 0.1) is 5.92 Å². The first-order valence-electron chi connectivity index (χ1n) is 13.5. The molecule has 7 nitrogen and oxygen atoms in total. The molecule has 0 atom stereocenters. The average Bonchev–Trinajstić information content (AvgIpc) is 3.07. The van der Waals surface area contributed by atoms with E-state index < -0.39 is 0 Å². The molecular weight excluding hydrogens is 438 g/mol. The summed E-state index contributed by atoms with van der Waals surface area (Å²) in [6, 6.07) is 10.9. The van der Waals surface area contributed by atoms with Crippen LogP contribution in [-0.4, -0.2) is 97.5 Å². The molecule has 194 valence electrons. The molecule has 3 amide bonds. The highest BCUT2D eigenvalue weighted by Crippen LogP contribution is 2.49. The van der Waals surface area contributed by atoms with Gasteiger partial charge in [-0.1, -0.05) is 43.7 Å². The summed E-state index contributed by atoms with van der Waals surface area (Å²) < 4.78 is 0. The molecule has 1 N–H and O–H groups in total. The second-order valence-corrected chi connectivity index (χ2v) is 11.3. The van der Waals surface area contributed by atoms with Gasteiger partial charge in [0.2, 0.25) is 5.91 Å². The first-order chi connectivity index (χ1) is 16.8. The van der Waals surface area contributed by atoms with Crippen LogP contribution in [0.4, 0.5) is 4.79 Å². The molecule has 1 aromatic carbocycles. The molecule has 2 aliphatic carbocycles. The minimum atomic E-state index is -0.163. The zero-order chi connectivity index (χ0) is 25.1. The molecule has 0 bridgehead atoms. The molecule has 0 radical (unpaired) electrons. The van der Waals surface area contributed by atoms with E-state index in [-0.39, 0.29) is 29.6 Å². The van der Waals surface area contributed by atoms with E-state index in [2.05, 4.69) is 71.4 Å². The molecule has 1 saturated heterocycles. The normalized spacial score (nSPS) is 27.2. The van der Waals surface area contributed by atoms with Crippen molar-refractivity contribution in [1.82, 2.24) is 24.9 Å². The predicted octanol–water partition coefficient (Wildman–Crippen LogP) is 3.36. The summed E-state index contributed by atoms with van der Waals surface area (Å²) in [7, 11) is 6.41. The third-order valence-electron chi connectivity index (χ3n) is 9.09. The Balaban J connectivity index is 1.47. The van der Waals surface area contributed by atoms with Crippen LogP contribution in [0.1, 0.15) is 57.4 Å². The number of nitrogens with one attached hydrogen (secondary N) is 1. The summed E-state index contributed by atoms with van der Waals surface area (Å²) in [6.07, 6.45) is 7.68. The highest BCUT2D eigenvalue weighted by molar-refractivity contribution is 5.86. The Morgan fingerprint density at radius 1 is 1.09 bits per heavy atom. The summed E-state index contributed by atoms with van der Waals surface area (Å²) in [4.78, 5) is 34.9. The lowest BCUT2D eigenvalue weighted by molar-refractivity contribution is -0.121. The summed E-state index contributed by atoms with van der Waals surface area (Å²) in [6.45, 7) is 6.17. The molecule has 35 heavy (non-hydrogen) atoms. The number of rotatable bonds is 10. The fourth-order valence-corrected chi connectivity index (χ4v) is 6.28. The molecule has 0 unspecified atom stereocenters. The van der Waals surface area contributed by atoms with Gasteiger partial charge in [-0.3, -0.25) is 9.69 Å². The van der Waals surface area contributed by atoms with Crippen molar-refractivity contribution in [1.29, 1.82) is 0 Å². The van der Waals surface area contributed by atoms with Crippen molar-refractivity contribution in [3.8, 4) is 0 Å². The lowest BCUT2D eigenvalue weighted by Crippen LogP contribution is -2.56. The number of benzene rings is 1. The van der Waals surface area contributed by atoms with Crippen LogP contribution in [0.15, 0.2) is 30.3 Å². The third-order valence-corrected chi connectivity index (χ3v) is 9.09. The number of likely N-dealkylation sites (N-methyl/N-ethyl adjacent to an activating group) is 1. The molecule has 1 heterocycles. The van der Waals surface area contributed by atoms with E-state index in [1.54, 1.807) is 0 Å². The topological polar surface area (TPSA) is 59.1 Å². The van der Waals surface area contributed by atoms with Gasteiger partial charge < -0.3 is 20.0 Å². The number of carbonyl (C=O) groups excluding carboxylic acids is 2. The van der Waals surface area contributed by atoms with E-state index in [9.17, 15) is 9.59 Å². The number of hydrogen-bond acceptors (Lipinski definition) is 4. The maximum absolute atomic E-state index is 13.6. The van der Waals surface area contributed by atoms with Crippen molar-refractivity contribution in [3.63, 3.8) is 0 Å². The number of amides is 3. The highest BCUT2D eigenvalue weighted by Gasteiger charge is 2.55. The Morgan fingerprint density at radius 2 is 1.77 bits per heavy atom. The summed E-state index contributed by atoms with van der Waals surface area (Å²) in [5, 5.41) is 3.01. The van der Waals surface area contributed by atoms with Gasteiger partial charge in [0.25, 0.3) is 0 Å². The molecule has 2 saturated carbocycles. The third kappa shape index (κ3) is 5.36. The van der Waals surface area contributed by atoms with Gasteiger partial charge in [0, 0.05) is 31.7 Å².